The van der Waals surface area contributed by atoms with Crippen LogP contribution in [0.2, 0.25) is 0 Å². The maximum atomic E-state index is 12.1. The Bertz CT molecular complexity index is 850. The molecule has 0 fully saturated rings. The number of esters is 1. The molecule has 27 heavy (non-hydrogen) atoms. The van der Waals surface area contributed by atoms with Crippen molar-refractivity contribution < 1.29 is 33.3 Å². The second-order valence-corrected chi connectivity index (χ2v) is 5.61. The lowest BCUT2D eigenvalue weighted by atomic mass is 10.2. The molecule has 2 aromatic carbocycles. The Hall–Kier alpha value is -3.42. The maximum Gasteiger partial charge on any atom is 0.341 e. The summed E-state index contributed by atoms with van der Waals surface area (Å²) in [5, 5.41) is 2.74. The lowest BCUT2D eigenvalue weighted by molar-refractivity contribution is -0.123. The number of methoxy groups -OCH3 is 2. The van der Waals surface area contributed by atoms with Gasteiger partial charge < -0.3 is 29.0 Å². The Morgan fingerprint density at radius 2 is 1.89 bits per heavy atom. The van der Waals surface area contributed by atoms with E-state index in [2.05, 4.69) is 5.32 Å². The minimum absolute atomic E-state index is 0.196. The molecule has 2 aromatic rings. The van der Waals surface area contributed by atoms with Crippen LogP contribution in [0.4, 0.5) is 0 Å². The summed E-state index contributed by atoms with van der Waals surface area (Å²) >= 11 is 0. The molecule has 1 heterocycles. The van der Waals surface area contributed by atoms with Crippen LogP contribution in [0, 0.1) is 0 Å². The second-order valence-electron chi connectivity index (χ2n) is 5.61. The molecule has 1 aliphatic heterocycles. The van der Waals surface area contributed by atoms with Gasteiger partial charge in [-0.15, -0.1) is 0 Å². The molecule has 0 unspecified atom stereocenters. The number of rotatable bonds is 7. The Morgan fingerprint density at radius 3 is 2.67 bits per heavy atom. The van der Waals surface area contributed by atoms with E-state index in [1.165, 1.54) is 26.4 Å². The topological polar surface area (TPSA) is 92.3 Å². The summed E-state index contributed by atoms with van der Waals surface area (Å²) in [7, 11) is 2.77. The van der Waals surface area contributed by atoms with Crippen molar-refractivity contribution in [3.8, 4) is 23.0 Å². The van der Waals surface area contributed by atoms with E-state index in [0.717, 1.165) is 5.56 Å². The molecular formula is C19H19NO7. The fourth-order valence-corrected chi connectivity index (χ4v) is 2.47. The quantitative estimate of drug-likeness (QED) is 0.741. The van der Waals surface area contributed by atoms with Crippen LogP contribution in [0.3, 0.4) is 0 Å². The van der Waals surface area contributed by atoms with Crippen molar-refractivity contribution in [2.24, 2.45) is 0 Å². The zero-order valence-corrected chi connectivity index (χ0v) is 14.9. The highest BCUT2D eigenvalue weighted by atomic mass is 16.7. The predicted octanol–water partition coefficient (Wildman–Crippen LogP) is 1.91. The fraction of sp³-hybridized carbons (Fsp3) is 0.263. The van der Waals surface area contributed by atoms with Crippen LogP contribution in [0.15, 0.2) is 36.4 Å². The van der Waals surface area contributed by atoms with Crippen molar-refractivity contribution in [1.82, 2.24) is 5.32 Å². The Labute approximate surface area is 155 Å². The third kappa shape index (κ3) is 4.41. The van der Waals surface area contributed by atoms with Gasteiger partial charge in [0, 0.05) is 12.6 Å². The smallest absolute Gasteiger partial charge is 0.341 e. The van der Waals surface area contributed by atoms with Crippen LogP contribution < -0.4 is 24.3 Å². The van der Waals surface area contributed by atoms with Gasteiger partial charge in [-0.25, -0.2) is 4.79 Å². The number of benzene rings is 2. The van der Waals surface area contributed by atoms with Crippen LogP contribution in [0.25, 0.3) is 0 Å². The average Bonchev–Trinajstić information content (AvgIpc) is 3.17. The van der Waals surface area contributed by atoms with E-state index in [1.54, 1.807) is 18.2 Å². The summed E-state index contributed by atoms with van der Waals surface area (Å²) in [6, 6.07) is 10.1. The molecule has 1 aliphatic rings. The van der Waals surface area contributed by atoms with E-state index in [1.807, 2.05) is 6.07 Å². The molecule has 8 nitrogen and oxygen atoms in total. The average molecular weight is 373 g/mol. The molecule has 3 rings (SSSR count). The summed E-state index contributed by atoms with van der Waals surface area (Å²) in [5.41, 5.74) is 1.08. The third-order valence-electron chi connectivity index (χ3n) is 3.88. The zero-order valence-electron chi connectivity index (χ0n) is 14.9. The van der Waals surface area contributed by atoms with Gasteiger partial charge in [0.25, 0.3) is 5.91 Å². The van der Waals surface area contributed by atoms with Crippen molar-refractivity contribution in [2.75, 3.05) is 27.6 Å². The van der Waals surface area contributed by atoms with Gasteiger partial charge in [0.05, 0.1) is 14.2 Å². The molecule has 0 bridgehead atoms. The van der Waals surface area contributed by atoms with Gasteiger partial charge in [-0.2, -0.15) is 0 Å². The van der Waals surface area contributed by atoms with Crippen LogP contribution in [-0.4, -0.2) is 39.5 Å². The molecule has 0 atom stereocenters. The predicted molar refractivity (Wildman–Crippen MR) is 94.2 cm³/mol. The highest BCUT2D eigenvalue weighted by molar-refractivity contribution is 5.92. The fourth-order valence-electron chi connectivity index (χ4n) is 2.47. The minimum Gasteiger partial charge on any atom is -0.497 e. The molecule has 0 aliphatic carbocycles. The Morgan fingerprint density at radius 1 is 1.07 bits per heavy atom. The molecule has 8 heteroatoms. The molecule has 142 valence electrons. The van der Waals surface area contributed by atoms with Crippen LogP contribution in [-0.2, 0) is 16.1 Å². The second kappa shape index (κ2) is 8.31. The summed E-state index contributed by atoms with van der Waals surface area (Å²) in [6.07, 6.45) is 0. The molecule has 0 aromatic heterocycles. The Kier molecular flexibility index (Phi) is 5.65. The van der Waals surface area contributed by atoms with E-state index in [-0.39, 0.29) is 30.6 Å². The van der Waals surface area contributed by atoms with Gasteiger partial charge in [0.1, 0.15) is 17.1 Å². The van der Waals surface area contributed by atoms with Crippen molar-refractivity contribution >= 4 is 11.9 Å². The van der Waals surface area contributed by atoms with E-state index < -0.39 is 5.97 Å². The first-order chi connectivity index (χ1) is 13.1. The summed E-state index contributed by atoms with van der Waals surface area (Å²) in [5.74, 6) is 1.14. The lowest BCUT2D eigenvalue weighted by Gasteiger charge is -2.12. The minimum atomic E-state index is -0.562. The first kappa shape index (κ1) is 18.4. The molecule has 0 spiro atoms. The van der Waals surface area contributed by atoms with E-state index >= 15 is 0 Å². The van der Waals surface area contributed by atoms with Gasteiger partial charge in [0.15, 0.2) is 18.1 Å². The molecule has 0 saturated heterocycles. The number of ether oxygens (including phenoxy) is 5. The van der Waals surface area contributed by atoms with Crippen LogP contribution in [0.1, 0.15) is 15.9 Å². The monoisotopic (exact) mass is 373 g/mol. The zero-order chi connectivity index (χ0) is 19.2. The molecule has 0 saturated carbocycles. The number of carbonyl (C=O) groups is 2. The molecule has 1 amide bonds. The maximum absolute atomic E-state index is 12.1. The number of nitrogens with one attached hydrogen (secondary N) is 1. The van der Waals surface area contributed by atoms with E-state index in [0.29, 0.717) is 23.8 Å². The number of hydrogen-bond donors (Lipinski definition) is 1. The normalized spacial score (nSPS) is 11.6. The molecular weight excluding hydrogens is 354 g/mol. The summed E-state index contributed by atoms with van der Waals surface area (Å²) in [6.45, 7) is 0.241. The van der Waals surface area contributed by atoms with Gasteiger partial charge in [-0.3, -0.25) is 4.79 Å². The first-order valence-electron chi connectivity index (χ1n) is 8.15. The van der Waals surface area contributed by atoms with E-state index in [9.17, 15) is 9.59 Å². The number of carbonyl (C=O) groups excluding carboxylic acids is 2. The van der Waals surface area contributed by atoms with Gasteiger partial charge >= 0.3 is 5.97 Å². The van der Waals surface area contributed by atoms with E-state index in [4.69, 9.17) is 23.7 Å². The standard InChI is InChI=1S/C19H19NO7/c1-23-13-4-5-14(19(22)24-2)16(8-13)25-10-18(21)20-9-12-3-6-15-17(7-12)27-11-26-15/h3-8H,9-11H2,1-2H3,(H,20,21). The highest BCUT2D eigenvalue weighted by Gasteiger charge is 2.16. The van der Waals surface area contributed by atoms with Gasteiger partial charge in [-0.1, -0.05) is 6.07 Å². The lowest BCUT2D eigenvalue weighted by Crippen LogP contribution is -2.28. The Balaban J connectivity index is 1.58. The molecule has 1 N–H and O–H groups in total. The number of fused-ring (bicyclic) bond motifs is 1. The molecule has 0 radical (unpaired) electrons. The SMILES string of the molecule is COC(=O)c1ccc(OC)cc1OCC(=O)NCc1ccc2c(c1)OCO2. The van der Waals surface area contributed by atoms with Crippen LogP contribution >= 0.6 is 0 Å². The van der Waals surface area contributed by atoms with Crippen LogP contribution in [0.5, 0.6) is 23.0 Å². The number of amides is 1. The van der Waals surface area contributed by atoms with Crippen molar-refractivity contribution in [2.45, 2.75) is 6.54 Å². The number of hydrogen-bond acceptors (Lipinski definition) is 7. The van der Waals surface area contributed by atoms with Crippen molar-refractivity contribution in [3.63, 3.8) is 0 Å². The largest absolute Gasteiger partial charge is 0.497 e. The summed E-state index contributed by atoms with van der Waals surface area (Å²) in [4.78, 5) is 23.9. The first-order valence-corrected chi connectivity index (χ1v) is 8.15. The highest BCUT2D eigenvalue weighted by Crippen LogP contribution is 2.32. The van der Waals surface area contributed by atoms with Crippen molar-refractivity contribution in [3.05, 3.63) is 47.5 Å². The van der Waals surface area contributed by atoms with Crippen molar-refractivity contribution in [1.29, 1.82) is 0 Å². The van der Waals surface area contributed by atoms with Gasteiger partial charge in [0.2, 0.25) is 6.79 Å². The summed E-state index contributed by atoms with van der Waals surface area (Å²) < 4.78 is 25.9. The van der Waals surface area contributed by atoms with Gasteiger partial charge in [-0.05, 0) is 29.8 Å². The third-order valence-corrected chi connectivity index (χ3v) is 3.88.